The van der Waals surface area contributed by atoms with Crippen LogP contribution in [0.3, 0.4) is 0 Å². The number of methoxy groups -OCH3 is 1. The molecule has 2 aromatic carbocycles. The normalized spacial score (nSPS) is 36.2. The maximum Gasteiger partial charge on any atom is 0.166 e. The highest BCUT2D eigenvalue weighted by Gasteiger charge is 2.79. The summed E-state index contributed by atoms with van der Waals surface area (Å²) >= 11 is 0. The quantitative estimate of drug-likeness (QED) is 0.367. The minimum Gasteiger partial charge on any atom is -0.490 e. The lowest BCUT2D eigenvalue weighted by atomic mass is 9.37. The number of ketones is 1. The topological polar surface area (TPSA) is 48.0 Å². The summed E-state index contributed by atoms with van der Waals surface area (Å²) in [5.74, 6) is 1.73. The van der Waals surface area contributed by atoms with Crippen LogP contribution in [0, 0.1) is 11.3 Å². The van der Waals surface area contributed by atoms with Gasteiger partial charge in [-0.1, -0.05) is 61.9 Å². The van der Waals surface area contributed by atoms with E-state index >= 15 is 0 Å². The molecule has 4 bridgehead atoms. The van der Waals surface area contributed by atoms with E-state index in [0.29, 0.717) is 12.6 Å². The molecule has 194 valence electrons. The number of piperidine rings is 1. The van der Waals surface area contributed by atoms with E-state index in [1.165, 1.54) is 16.7 Å². The highest BCUT2D eigenvalue weighted by molar-refractivity contribution is 5.82. The lowest BCUT2D eigenvalue weighted by Gasteiger charge is -2.71. The molecule has 6 aliphatic rings. The number of nitrogens with zero attached hydrogens (tertiary/aromatic N) is 1. The average Bonchev–Trinajstić information content (AvgIpc) is 3.28. The third-order valence-electron chi connectivity index (χ3n) is 10.4. The first kappa shape index (κ1) is 23.5. The molecule has 5 heteroatoms. The number of unbranched alkanes of at least 4 members (excludes halogenated alkanes) is 1. The van der Waals surface area contributed by atoms with Gasteiger partial charge in [0.1, 0.15) is 17.5 Å². The van der Waals surface area contributed by atoms with Gasteiger partial charge in [-0.3, -0.25) is 9.69 Å². The Morgan fingerprint density at radius 2 is 2.00 bits per heavy atom. The monoisotopic (exact) mass is 499 g/mol. The lowest BCUT2D eigenvalue weighted by Crippen LogP contribution is -2.79. The molecular weight excluding hydrogens is 462 g/mol. The van der Waals surface area contributed by atoms with Gasteiger partial charge in [-0.15, -0.1) is 0 Å². The van der Waals surface area contributed by atoms with Crippen LogP contribution in [0.5, 0.6) is 11.5 Å². The largest absolute Gasteiger partial charge is 0.490 e. The van der Waals surface area contributed by atoms with Crippen LogP contribution in [0.15, 0.2) is 54.6 Å². The molecule has 0 aromatic heterocycles. The number of carbonyl (C=O) groups excluding carboxylic acids is 1. The van der Waals surface area contributed by atoms with Crippen molar-refractivity contribution >= 4 is 5.78 Å². The summed E-state index contributed by atoms with van der Waals surface area (Å²) < 4.78 is 19.7. The van der Waals surface area contributed by atoms with Crippen molar-refractivity contribution in [2.75, 3.05) is 20.3 Å². The number of rotatable bonds is 8. The summed E-state index contributed by atoms with van der Waals surface area (Å²) in [5.41, 5.74) is 2.91. The Balaban J connectivity index is 1.41. The molecular formula is C32H37NO4. The number of Topliss-reactive ketones (excluding diaryl/α,β-unsaturated/α-hetero) is 1. The first-order valence-corrected chi connectivity index (χ1v) is 14.0. The zero-order valence-electron chi connectivity index (χ0n) is 22.2. The molecule has 1 saturated heterocycles. The Hall–Kier alpha value is -2.63. The molecule has 2 aromatic rings. The molecule has 0 N–H and O–H groups in total. The van der Waals surface area contributed by atoms with Crippen molar-refractivity contribution in [1.29, 1.82) is 0 Å². The minimum atomic E-state index is -0.756. The molecule has 4 aliphatic carbocycles. The van der Waals surface area contributed by atoms with Gasteiger partial charge in [0.15, 0.2) is 11.5 Å². The fraction of sp³-hybridized carbons (Fsp3) is 0.531. The van der Waals surface area contributed by atoms with Gasteiger partial charge in [-0.05, 0) is 56.3 Å². The number of likely N-dealkylation sites (tertiary alicyclic amines) is 1. The zero-order chi connectivity index (χ0) is 25.4. The number of benzene rings is 2. The van der Waals surface area contributed by atoms with Crippen molar-refractivity contribution in [3.8, 4) is 11.5 Å². The fourth-order valence-electron chi connectivity index (χ4n) is 8.83. The molecule has 6 atom stereocenters. The Morgan fingerprint density at radius 3 is 2.76 bits per heavy atom. The van der Waals surface area contributed by atoms with Crippen molar-refractivity contribution in [3.63, 3.8) is 0 Å². The predicted octanol–water partition coefficient (Wildman–Crippen LogP) is 5.25. The van der Waals surface area contributed by atoms with E-state index < -0.39 is 5.60 Å². The van der Waals surface area contributed by atoms with Crippen LogP contribution in [-0.4, -0.2) is 48.7 Å². The van der Waals surface area contributed by atoms with Crippen molar-refractivity contribution in [3.05, 3.63) is 71.3 Å². The van der Waals surface area contributed by atoms with Crippen LogP contribution in [0.2, 0.25) is 0 Å². The number of hydrogen-bond donors (Lipinski definition) is 0. The average molecular weight is 500 g/mol. The summed E-state index contributed by atoms with van der Waals surface area (Å²) in [5, 5.41) is 0. The molecule has 8 rings (SSSR count). The van der Waals surface area contributed by atoms with E-state index in [0.717, 1.165) is 56.7 Å². The molecule has 1 saturated carbocycles. The van der Waals surface area contributed by atoms with Crippen molar-refractivity contribution in [2.45, 2.75) is 75.7 Å². The molecule has 2 spiro atoms. The summed E-state index contributed by atoms with van der Waals surface area (Å²) in [7, 11) is 1.76. The van der Waals surface area contributed by atoms with E-state index in [1.54, 1.807) is 14.0 Å². The third-order valence-corrected chi connectivity index (χ3v) is 10.4. The Bertz CT molecular complexity index is 1270. The number of ether oxygens (including phenoxy) is 3. The van der Waals surface area contributed by atoms with Gasteiger partial charge in [0.05, 0.1) is 17.9 Å². The highest BCUT2D eigenvalue weighted by Crippen LogP contribution is 2.74. The molecule has 5 nitrogen and oxygen atoms in total. The second-order valence-corrected chi connectivity index (χ2v) is 11.8. The maximum atomic E-state index is 13.2. The van der Waals surface area contributed by atoms with Crippen LogP contribution >= 0.6 is 0 Å². The van der Waals surface area contributed by atoms with Crippen molar-refractivity contribution in [2.24, 2.45) is 11.3 Å². The lowest BCUT2D eigenvalue weighted by molar-refractivity contribution is -0.215. The van der Waals surface area contributed by atoms with Crippen LogP contribution in [0.1, 0.15) is 56.2 Å². The number of carbonyl (C=O) groups is 1. The fourth-order valence-corrected chi connectivity index (χ4v) is 8.83. The number of fused-ring (bicyclic) bond motifs is 1. The Labute approximate surface area is 219 Å². The number of hydrogen-bond acceptors (Lipinski definition) is 5. The van der Waals surface area contributed by atoms with Crippen LogP contribution in [0.25, 0.3) is 0 Å². The van der Waals surface area contributed by atoms with Gasteiger partial charge in [-0.2, -0.15) is 0 Å². The third kappa shape index (κ3) is 2.85. The summed E-state index contributed by atoms with van der Waals surface area (Å²) in [6.07, 6.45) is 9.27. The highest BCUT2D eigenvalue weighted by atomic mass is 16.6. The molecule has 37 heavy (non-hydrogen) atoms. The first-order valence-electron chi connectivity index (χ1n) is 14.0. The molecule has 0 amide bonds. The van der Waals surface area contributed by atoms with Gasteiger partial charge < -0.3 is 14.2 Å². The summed E-state index contributed by atoms with van der Waals surface area (Å²) in [6.45, 7) is 6.52. The van der Waals surface area contributed by atoms with Gasteiger partial charge in [0.25, 0.3) is 0 Å². The summed E-state index contributed by atoms with van der Waals surface area (Å²) in [6, 6.07) is 15.5. The predicted molar refractivity (Wildman–Crippen MR) is 142 cm³/mol. The van der Waals surface area contributed by atoms with Crippen LogP contribution < -0.4 is 9.47 Å². The molecule has 2 heterocycles. The molecule has 2 aliphatic heterocycles. The molecule has 0 radical (unpaired) electrons. The molecule has 1 unspecified atom stereocenters. The van der Waals surface area contributed by atoms with E-state index in [9.17, 15) is 4.79 Å². The first-order chi connectivity index (χ1) is 18.0. The van der Waals surface area contributed by atoms with Gasteiger partial charge in [0, 0.05) is 30.7 Å². The van der Waals surface area contributed by atoms with Gasteiger partial charge >= 0.3 is 0 Å². The van der Waals surface area contributed by atoms with Crippen molar-refractivity contribution in [1.82, 2.24) is 4.90 Å². The van der Waals surface area contributed by atoms with E-state index in [4.69, 9.17) is 14.2 Å². The van der Waals surface area contributed by atoms with Crippen LogP contribution in [-0.2, 0) is 27.9 Å². The summed E-state index contributed by atoms with van der Waals surface area (Å²) in [4.78, 5) is 15.9. The van der Waals surface area contributed by atoms with E-state index in [2.05, 4.69) is 66.4 Å². The second kappa shape index (κ2) is 8.18. The van der Waals surface area contributed by atoms with E-state index in [-0.39, 0.29) is 28.6 Å². The van der Waals surface area contributed by atoms with Gasteiger partial charge in [0.2, 0.25) is 0 Å². The van der Waals surface area contributed by atoms with Crippen LogP contribution in [0.4, 0.5) is 0 Å². The molecule has 2 fully saturated rings. The van der Waals surface area contributed by atoms with Crippen molar-refractivity contribution < 1.29 is 19.0 Å². The smallest absolute Gasteiger partial charge is 0.166 e. The zero-order valence-corrected chi connectivity index (χ0v) is 22.2. The Kier molecular flexibility index (Phi) is 5.19. The second-order valence-electron chi connectivity index (χ2n) is 11.8. The standard InChI is InChI=1S/C32H37NO4/c1-4-5-17-36-25-12-11-23-18-26-30-13-14-32(35-3,24(19-30)21(2)34)29-31(30,27(23)28(25)37-29)15-16-33(26)20-22-9-7-6-8-10-22/h6-14,24,26,29H,4-5,15-20H2,1-3H3/t24-,26?,29-,30-,31+,32-/m1/s1. The Morgan fingerprint density at radius 1 is 1.16 bits per heavy atom. The van der Waals surface area contributed by atoms with E-state index in [1.807, 2.05) is 0 Å². The minimum absolute atomic E-state index is 0.179. The SMILES string of the molecule is CCCCOc1ccc2c3c1O[C@H]1[C@@]4(OC)C=C[C@@]5(C[C@@H]4C(C)=O)C(C2)N(Cc2ccccc2)CC[C@]315. The maximum absolute atomic E-state index is 13.2. The van der Waals surface area contributed by atoms with Gasteiger partial charge in [-0.25, -0.2) is 0 Å².